The molecule has 0 radical (unpaired) electrons. The van der Waals surface area contributed by atoms with Gasteiger partial charge < -0.3 is 9.84 Å². The molecule has 1 heterocycles. The fraction of sp³-hybridized carbons (Fsp3) is 0.812. The highest BCUT2D eigenvalue weighted by Crippen LogP contribution is 2.33. The summed E-state index contributed by atoms with van der Waals surface area (Å²) in [6.07, 6.45) is 4.04. The second kappa shape index (κ2) is 6.08. The molecular formula is C16H28N2O. The van der Waals surface area contributed by atoms with Crippen molar-refractivity contribution in [2.24, 2.45) is 17.8 Å². The summed E-state index contributed by atoms with van der Waals surface area (Å²) in [6.45, 7) is 12.0. The summed E-state index contributed by atoms with van der Waals surface area (Å²) in [5, 5.41) is 7.80. The molecule has 3 nitrogen and oxygen atoms in total. The zero-order chi connectivity index (χ0) is 14.0. The van der Waals surface area contributed by atoms with Crippen molar-refractivity contribution in [3.8, 4) is 0 Å². The Balaban J connectivity index is 1.99. The topological polar surface area (TPSA) is 38.1 Å². The van der Waals surface area contributed by atoms with Gasteiger partial charge >= 0.3 is 0 Å². The first kappa shape index (κ1) is 14.6. The van der Waals surface area contributed by atoms with Gasteiger partial charge in [0.05, 0.1) is 5.69 Å². The second-order valence-electron chi connectivity index (χ2n) is 6.62. The van der Waals surface area contributed by atoms with Gasteiger partial charge in [-0.05, 0) is 44.4 Å². The molecule has 0 bridgehead atoms. The Morgan fingerprint density at radius 3 is 2.63 bits per heavy atom. The van der Waals surface area contributed by atoms with Gasteiger partial charge in [0.2, 0.25) is 0 Å². The minimum absolute atomic E-state index is 0.637. The van der Waals surface area contributed by atoms with Gasteiger partial charge in [0.1, 0.15) is 5.76 Å². The van der Waals surface area contributed by atoms with Crippen molar-refractivity contribution in [3.63, 3.8) is 0 Å². The third kappa shape index (κ3) is 3.38. The fourth-order valence-corrected chi connectivity index (χ4v) is 3.42. The van der Waals surface area contributed by atoms with E-state index in [1.165, 1.54) is 24.8 Å². The average molecular weight is 264 g/mol. The first-order valence-electron chi connectivity index (χ1n) is 7.64. The smallest absolute Gasteiger partial charge is 0.138 e. The molecule has 108 valence electrons. The lowest BCUT2D eigenvalue weighted by Crippen LogP contribution is -2.42. The molecule has 0 aliphatic heterocycles. The van der Waals surface area contributed by atoms with Gasteiger partial charge in [0, 0.05) is 18.2 Å². The van der Waals surface area contributed by atoms with Crippen LogP contribution in [0.3, 0.4) is 0 Å². The minimum Gasteiger partial charge on any atom is -0.361 e. The molecule has 1 fully saturated rings. The fourth-order valence-electron chi connectivity index (χ4n) is 3.42. The summed E-state index contributed by atoms with van der Waals surface area (Å²) >= 11 is 0. The van der Waals surface area contributed by atoms with E-state index >= 15 is 0 Å². The predicted molar refractivity (Wildman–Crippen MR) is 77.9 cm³/mol. The number of nitrogens with zero attached hydrogens (tertiary/aromatic N) is 1. The van der Waals surface area contributed by atoms with E-state index in [0.29, 0.717) is 6.04 Å². The van der Waals surface area contributed by atoms with Crippen molar-refractivity contribution in [2.75, 3.05) is 0 Å². The van der Waals surface area contributed by atoms with Crippen LogP contribution in [0.1, 0.15) is 57.1 Å². The third-order valence-electron chi connectivity index (χ3n) is 4.74. The van der Waals surface area contributed by atoms with E-state index in [9.17, 15) is 0 Å². The predicted octanol–water partition coefficient (Wildman–Crippen LogP) is 3.84. The van der Waals surface area contributed by atoms with Gasteiger partial charge in [0.15, 0.2) is 0 Å². The molecule has 1 aromatic rings. The number of hydrogen-bond acceptors (Lipinski definition) is 3. The van der Waals surface area contributed by atoms with Gasteiger partial charge in [-0.3, -0.25) is 0 Å². The molecule has 19 heavy (non-hydrogen) atoms. The van der Waals surface area contributed by atoms with E-state index in [1.54, 1.807) is 0 Å². The Labute approximate surface area is 117 Å². The molecule has 3 atom stereocenters. The summed E-state index contributed by atoms with van der Waals surface area (Å²) in [5.41, 5.74) is 2.26. The summed E-state index contributed by atoms with van der Waals surface area (Å²) in [4.78, 5) is 0. The molecule has 1 aliphatic carbocycles. The Bertz CT molecular complexity index is 391. The van der Waals surface area contributed by atoms with Crippen LogP contribution in [-0.2, 0) is 6.54 Å². The van der Waals surface area contributed by atoms with E-state index in [2.05, 4.69) is 31.2 Å². The van der Waals surface area contributed by atoms with Crippen molar-refractivity contribution in [1.29, 1.82) is 0 Å². The van der Waals surface area contributed by atoms with Crippen molar-refractivity contribution in [2.45, 2.75) is 66.5 Å². The van der Waals surface area contributed by atoms with E-state index in [0.717, 1.165) is 35.8 Å². The molecule has 3 heteroatoms. The molecule has 1 N–H and O–H groups in total. The molecular weight excluding hydrogens is 236 g/mol. The van der Waals surface area contributed by atoms with Gasteiger partial charge in [-0.2, -0.15) is 0 Å². The first-order chi connectivity index (χ1) is 8.99. The van der Waals surface area contributed by atoms with E-state index < -0.39 is 0 Å². The van der Waals surface area contributed by atoms with Crippen LogP contribution < -0.4 is 5.32 Å². The quantitative estimate of drug-likeness (QED) is 0.898. The number of rotatable bonds is 4. The molecule has 3 unspecified atom stereocenters. The highest BCUT2D eigenvalue weighted by Gasteiger charge is 2.30. The van der Waals surface area contributed by atoms with Crippen LogP contribution in [0.25, 0.3) is 0 Å². The van der Waals surface area contributed by atoms with Gasteiger partial charge in [-0.15, -0.1) is 0 Å². The van der Waals surface area contributed by atoms with Crippen LogP contribution in [0.5, 0.6) is 0 Å². The molecule has 1 aliphatic rings. The Kier molecular flexibility index (Phi) is 4.67. The summed E-state index contributed by atoms with van der Waals surface area (Å²) in [6, 6.07) is 0.637. The highest BCUT2D eigenvalue weighted by molar-refractivity contribution is 5.20. The zero-order valence-electron chi connectivity index (χ0n) is 13.0. The summed E-state index contributed by atoms with van der Waals surface area (Å²) in [7, 11) is 0. The molecule has 0 spiro atoms. The monoisotopic (exact) mass is 264 g/mol. The number of aromatic nitrogens is 1. The Hall–Kier alpha value is -0.830. The molecule has 0 amide bonds. The maximum absolute atomic E-state index is 5.24. The van der Waals surface area contributed by atoms with Crippen LogP contribution in [0.15, 0.2) is 4.52 Å². The number of hydrogen-bond donors (Lipinski definition) is 1. The van der Waals surface area contributed by atoms with Crippen molar-refractivity contribution in [1.82, 2.24) is 10.5 Å². The lowest BCUT2D eigenvalue weighted by Gasteiger charge is -2.38. The maximum atomic E-state index is 5.24. The van der Waals surface area contributed by atoms with Gasteiger partial charge in [0.25, 0.3) is 0 Å². The van der Waals surface area contributed by atoms with Crippen molar-refractivity contribution in [3.05, 3.63) is 17.0 Å². The Morgan fingerprint density at radius 2 is 2.05 bits per heavy atom. The highest BCUT2D eigenvalue weighted by atomic mass is 16.5. The van der Waals surface area contributed by atoms with Crippen LogP contribution >= 0.6 is 0 Å². The van der Waals surface area contributed by atoms with Crippen LogP contribution in [0, 0.1) is 31.6 Å². The molecule has 1 aromatic heterocycles. The van der Waals surface area contributed by atoms with E-state index in [1.807, 2.05) is 13.8 Å². The molecule has 1 saturated carbocycles. The van der Waals surface area contributed by atoms with Crippen LogP contribution in [0.4, 0.5) is 0 Å². The second-order valence-corrected chi connectivity index (χ2v) is 6.62. The van der Waals surface area contributed by atoms with E-state index in [4.69, 9.17) is 4.52 Å². The van der Waals surface area contributed by atoms with Crippen molar-refractivity contribution >= 4 is 0 Å². The SMILES string of the molecule is Cc1noc(C)c1CNC1CC(C)CCC1C(C)C. The normalized spacial score (nSPS) is 28.0. The molecule has 0 saturated heterocycles. The average Bonchev–Trinajstić information content (AvgIpc) is 2.66. The van der Waals surface area contributed by atoms with Crippen molar-refractivity contribution < 1.29 is 4.52 Å². The standard InChI is InChI=1S/C16H28N2O/c1-10(2)14-7-6-11(3)8-16(14)17-9-15-12(4)18-19-13(15)5/h10-11,14,16-17H,6-9H2,1-5H3. The van der Waals surface area contributed by atoms with Crippen LogP contribution in [0.2, 0.25) is 0 Å². The summed E-state index contributed by atoms with van der Waals surface area (Å²) in [5.74, 6) is 3.36. The maximum Gasteiger partial charge on any atom is 0.138 e. The first-order valence-corrected chi connectivity index (χ1v) is 7.64. The minimum atomic E-state index is 0.637. The van der Waals surface area contributed by atoms with Gasteiger partial charge in [-0.1, -0.05) is 32.3 Å². The van der Waals surface area contributed by atoms with E-state index in [-0.39, 0.29) is 0 Å². The Morgan fingerprint density at radius 1 is 1.32 bits per heavy atom. The van der Waals surface area contributed by atoms with Crippen LogP contribution in [-0.4, -0.2) is 11.2 Å². The number of nitrogens with one attached hydrogen (secondary N) is 1. The number of aryl methyl sites for hydroxylation is 2. The molecule has 2 rings (SSSR count). The summed E-state index contributed by atoms with van der Waals surface area (Å²) < 4.78 is 5.24. The van der Waals surface area contributed by atoms with Gasteiger partial charge in [-0.25, -0.2) is 0 Å². The third-order valence-corrected chi connectivity index (χ3v) is 4.74. The lowest BCUT2D eigenvalue weighted by molar-refractivity contribution is 0.169. The molecule has 0 aromatic carbocycles. The zero-order valence-corrected chi connectivity index (χ0v) is 13.0. The lowest BCUT2D eigenvalue weighted by atomic mass is 9.74. The largest absolute Gasteiger partial charge is 0.361 e.